The van der Waals surface area contributed by atoms with E-state index in [4.69, 9.17) is 32.4 Å². The third-order valence-electron chi connectivity index (χ3n) is 2.82. The Bertz CT molecular complexity index is 807. The van der Waals surface area contributed by atoms with Gasteiger partial charge in [0, 0.05) is 6.20 Å². The predicted molar refractivity (Wildman–Crippen MR) is 74.3 cm³/mol. The van der Waals surface area contributed by atoms with Crippen molar-refractivity contribution in [1.29, 1.82) is 0 Å². The molecule has 0 aromatic carbocycles. The number of rotatable bonds is 2. The molecule has 0 amide bonds. The minimum Gasteiger partial charge on any atom is -0.465 e. The van der Waals surface area contributed by atoms with Crippen molar-refractivity contribution in [3.05, 3.63) is 46.4 Å². The van der Waals surface area contributed by atoms with Gasteiger partial charge in [-0.15, -0.1) is 0 Å². The number of hydrogen-bond donors (Lipinski definition) is 0. The number of ether oxygens (including phenoxy) is 1. The zero-order valence-electron chi connectivity index (χ0n) is 10.3. The summed E-state index contributed by atoms with van der Waals surface area (Å²) < 4.78 is 11.7. The molecule has 3 aromatic heterocycles. The molecule has 0 spiro atoms. The fraction of sp³-hybridized carbons (Fsp3) is 0.0769. The molecule has 0 saturated carbocycles. The summed E-state index contributed by atoms with van der Waals surface area (Å²) in [6.07, 6.45) is 1.73. The van der Waals surface area contributed by atoms with E-state index in [9.17, 15) is 4.79 Å². The molecule has 0 unspecified atom stereocenters. The van der Waals surface area contributed by atoms with E-state index in [1.165, 1.54) is 7.11 Å². The maximum absolute atomic E-state index is 11.8. The van der Waals surface area contributed by atoms with Gasteiger partial charge in [0.2, 0.25) is 0 Å². The van der Waals surface area contributed by atoms with E-state index in [1.54, 1.807) is 34.9 Å². The highest BCUT2D eigenvalue weighted by Crippen LogP contribution is 2.30. The van der Waals surface area contributed by atoms with Gasteiger partial charge in [-0.1, -0.05) is 11.6 Å². The zero-order chi connectivity index (χ0) is 14.3. The molecule has 0 N–H and O–H groups in total. The van der Waals surface area contributed by atoms with Gasteiger partial charge in [-0.05, 0) is 35.9 Å². The van der Waals surface area contributed by atoms with Crippen LogP contribution in [0.1, 0.15) is 10.4 Å². The quantitative estimate of drug-likeness (QED) is 0.677. The van der Waals surface area contributed by atoms with Crippen molar-refractivity contribution in [3.63, 3.8) is 0 Å². The summed E-state index contributed by atoms with van der Waals surface area (Å²) in [5.41, 5.74) is 0.792. The summed E-state index contributed by atoms with van der Waals surface area (Å²) in [6, 6.07) is 6.60. The lowest BCUT2D eigenvalue weighted by molar-refractivity contribution is 0.0602. The number of aromatic nitrogens is 2. The Morgan fingerprint density at radius 3 is 2.80 bits per heavy atom. The van der Waals surface area contributed by atoms with Crippen LogP contribution in [0.25, 0.3) is 17.1 Å². The van der Waals surface area contributed by atoms with Crippen molar-refractivity contribution >= 4 is 34.7 Å². The van der Waals surface area contributed by atoms with E-state index >= 15 is 0 Å². The summed E-state index contributed by atoms with van der Waals surface area (Å²) in [4.78, 5) is 16.0. The second kappa shape index (κ2) is 4.85. The van der Waals surface area contributed by atoms with Crippen LogP contribution in [0.2, 0.25) is 10.4 Å². The average molecular weight is 311 g/mol. The van der Waals surface area contributed by atoms with Crippen molar-refractivity contribution in [2.75, 3.05) is 7.11 Å². The van der Waals surface area contributed by atoms with Crippen LogP contribution in [0.4, 0.5) is 0 Å². The second-order valence-electron chi connectivity index (χ2n) is 3.96. The van der Waals surface area contributed by atoms with Crippen LogP contribution in [0.15, 0.2) is 34.9 Å². The number of esters is 1. The molecule has 0 aliphatic rings. The lowest BCUT2D eigenvalue weighted by Gasteiger charge is -2.03. The number of carbonyl (C=O) groups excluding carboxylic acids is 1. The third kappa shape index (κ3) is 1.95. The minimum absolute atomic E-state index is 0.188. The van der Waals surface area contributed by atoms with E-state index in [0.29, 0.717) is 22.7 Å². The fourth-order valence-electron chi connectivity index (χ4n) is 1.98. The average Bonchev–Trinajstić information content (AvgIpc) is 3.02. The largest absolute Gasteiger partial charge is 0.465 e. The molecule has 3 rings (SSSR count). The zero-order valence-corrected chi connectivity index (χ0v) is 11.8. The molecular formula is C13H8Cl2N2O3. The first-order valence-electron chi connectivity index (χ1n) is 5.62. The van der Waals surface area contributed by atoms with Crippen LogP contribution >= 0.6 is 23.2 Å². The molecule has 3 aromatic rings. The molecule has 5 nitrogen and oxygen atoms in total. The summed E-state index contributed by atoms with van der Waals surface area (Å²) in [7, 11) is 1.31. The van der Waals surface area contributed by atoms with E-state index in [2.05, 4.69) is 4.98 Å². The first kappa shape index (κ1) is 13.0. The normalized spacial score (nSPS) is 10.9. The molecule has 3 heterocycles. The Hall–Kier alpha value is -1.98. The molecule has 7 heteroatoms. The molecule has 0 radical (unpaired) electrons. The van der Waals surface area contributed by atoms with Crippen molar-refractivity contribution in [2.45, 2.75) is 0 Å². The fourth-order valence-corrected chi connectivity index (χ4v) is 2.40. The lowest BCUT2D eigenvalue weighted by Crippen LogP contribution is -2.03. The van der Waals surface area contributed by atoms with Crippen LogP contribution < -0.4 is 0 Å². The van der Waals surface area contributed by atoms with Gasteiger partial charge in [0.1, 0.15) is 0 Å². The molecule has 0 bridgehead atoms. The van der Waals surface area contributed by atoms with Crippen LogP contribution in [0.3, 0.4) is 0 Å². The van der Waals surface area contributed by atoms with E-state index < -0.39 is 5.97 Å². The summed E-state index contributed by atoms with van der Waals surface area (Å²) in [5, 5.41) is 0.436. The van der Waals surface area contributed by atoms with Crippen molar-refractivity contribution < 1.29 is 13.9 Å². The van der Waals surface area contributed by atoms with Crippen molar-refractivity contribution in [2.24, 2.45) is 0 Å². The van der Waals surface area contributed by atoms with Crippen molar-refractivity contribution in [3.8, 4) is 11.6 Å². The molecule has 0 aliphatic carbocycles. The Morgan fingerprint density at radius 2 is 2.15 bits per heavy atom. The van der Waals surface area contributed by atoms with Gasteiger partial charge in [-0.3, -0.25) is 4.40 Å². The number of pyridine rings is 1. The topological polar surface area (TPSA) is 56.7 Å². The second-order valence-corrected chi connectivity index (χ2v) is 4.69. The first-order valence-corrected chi connectivity index (χ1v) is 6.38. The van der Waals surface area contributed by atoms with Gasteiger partial charge in [0.05, 0.1) is 18.2 Å². The summed E-state index contributed by atoms with van der Waals surface area (Å²) in [6.45, 7) is 0. The number of carbonyl (C=O) groups is 1. The van der Waals surface area contributed by atoms with Gasteiger partial charge < -0.3 is 9.15 Å². The first-order chi connectivity index (χ1) is 9.61. The smallest absolute Gasteiger partial charge is 0.340 e. The molecule has 0 saturated heterocycles. The highest BCUT2D eigenvalue weighted by atomic mass is 35.5. The van der Waals surface area contributed by atoms with E-state index in [1.807, 2.05) is 0 Å². The molecular weight excluding hydrogens is 303 g/mol. The number of imidazole rings is 1. The van der Waals surface area contributed by atoms with Gasteiger partial charge >= 0.3 is 5.97 Å². The maximum Gasteiger partial charge on any atom is 0.340 e. The number of furan rings is 1. The number of nitrogens with zero attached hydrogens (tertiary/aromatic N) is 2. The highest BCUT2D eigenvalue weighted by molar-refractivity contribution is 6.34. The minimum atomic E-state index is -0.485. The van der Waals surface area contributed by atoms with Crippen LogP contribution in [0.5, 0.6) is 0 Å². The van der Waals surface area contributed by atoms with Crippen molar-refractivity contribution in [1.82, 2.24) is 9.38 Å². The number of methoxy groups -OCH3 is 1. The third-order valence-corrected chi connectivity index (χ3v) is 3.29. The van der Waals surface area contributed by atoms with Gasteiger partial charge in [0.25, 0.3) is 0 Å². The Labute approximate surface area is 123 Å². The van der Waals surface area contributed by atoms with Crippen LogP contribution in [-0.4, -0.2) is 22.5 Å². The standard InChI is InChI=1S/C13H8Cl2N2O3/c1-19-13(18)7-3-2-6-17-10(7)11(15)16-12(17)8-4-5-9(14)20-8/h2-6H,1H3. The maximum atomic E-state index is 11.8. The van der Waals surface area contributed by atoms with Crippen LogP contribution in [-0.2, 0) is 4.74 Å². The highest BCUT2D eigenvalue weighted by Gasteiger charge is 2.20. The summed E-state index contributed by atoms with van der Waals surface area (Å²) in [5.74, 6) is 0.433. The summed E-state index contributed by atoms with van der Waals surface area (Å²) >= 11 is 11.9. The Balaban J connectivity index is 2.30. The molecule has 0 atom stereocenters. The monoisotopic (exact) mass is 310 g/mol. The molecule has 102 valence electrons. The number of fused-ring (bicyclic) bond motifs is 1. The molecule has 20 heavy (non-hydrogen) atoms. The lowest BCUT2D eigenvalue weighted by atomic mass is 10.2. The predicted octanol–water partition coefficient (Wildman–Crippen LogP) is 3.69. The SMILES string of the molecule is COC(=O)c1cccn2c(-c3ccc(Cl)o3)nc(Cl)c12. The van der Waals surface area contributed by atoms with Crippen LogP contribution in [0, 0.1) is 0 Å². The van der Waals surface area contributed by atoms with Gasteiger partial charge in [-0.2, -0.15) is 0 Å². The number of hydrogen-bond acceptors (Lipinski definition) is 4. The molecule has 0 aliphatic heterocycles. The van der Waals surface area contributed by atoms with Gasteiger partial charge in [-0.25, -0.2) is 9.78 Å². The van der Waals surface area contributed by atoms with E-state index in [0.717, 1.165) is 0 Å². The Morgan fingerprint density at radius 1 is 1.35 bits per heavy atom. The molecule has 0 fully saturated rings. The van der Waals surface area contributed by atoms with E-state index in [-0.39, 0.29) is 10.4 Å². The van der Waals surface area contributed by atoms with Gasteiger partial charge in [0.15, 0.2) is 22.0 Å². The number of halogens is 2. The Kier molecular flexibility index (Phi) is 3.16.